The Labute approximate surface area is 214 Å². The Kier molecular flexibility index (Phi) is 9.07. The monoisotopic (exact) mass is 490 g/mol. The van der Waals surface area contributed by atoms with Crippen LogP contribution in [0.3, 0.4) is 0 Å². The zero-order valence-corrected chi connectivity index (χ0v) is 21.5. The number of allylic oxidation sites excluding steroid dienone is 2. The number of rotatable bonds is 9. The average Bonchev–Trinajstić information content (AvgIpc) is 2.90. The molecule has 0 atom stereocenters. The molecule has 3 heteroatoms. The number of hydrogen-bond donors (Lipinski definition) is 0. The van der Waals surface area contributed by atoms with Crippen LogP contribution in [0, 0.1) is 23.4 Å². The predicted octanol–water partition coefficient (Wildman–Crippen LogP) is 10.4. The fourth-order valence-electron chi connectivity index (χ4n) is 5.52. The van der Waals surface area contributed by atoms with E-state index in [1.54, 1.807) is 30.3 Å². The highest BCUT2D eigenvalue weighted by molar-refractivity contribution is 5.71. The Morgan fingerprint density at radius 2 is 1.44 bits per heavy atom. The lowest BCUT2D eigenvalue weighted by molar-refractivity contribution is 0.368. The van der Waals surface area contributed by atoms with Crippen LogP contribution in [0.2, 0.25) is 0 Å². The summed E-state index contributed by atoms with van der Waals surface area (Å²) < 4.78 is 44.6. The molecule has 0 nitrogen and oxygen atoms in total. The summed E-state index contributed by atoms with van der Waals surface area (Å²) in [6.07, 6.45) is 13.3. The third kappa shape index (κ3) is 6.11. The minimum Gasteiger partial charge on any atom is -0.207 e. The van der Waals surface area contributed by atoms with Crippen LogP contribution in [0.25, 0.3) is 22.3 Å². The van der Waals surface area contributed by atoms with E-state index in [-0.39, 0.29) is 17.3 Å². The van der Waals surface area contributed by atoms with E-state index in [0.717, 1.165) is 68.1 Å². The lowest BCUT2D eigenvalue weighted by Gasteiger charge is -2.27. The number of benzene rings is 3. The maximum absolute atomic E-state index is 15.1. The molecule has 3 aromatic carbocycles. The van der Waals surface area contributed by atoms with Crippen LogP contribution in [0.1, 0.15) is 82.3 Å². The van der Waals surface area contributed by atoms with Crippen molar-refractivity contribution in [3.05, 3.63) is 95.3 Å². The van der Waals surface area contributed by atoms with Crippen LogP contribution in [0.15, 0.2) is 66.7 Å². The standard InChI is InChI=1S/C33H37F3/c1-3-5-6-7-9-27-18-21-30(33(36)32(27)35)26-16-14-24(15-17-26)28-19-20-29(31(34)22-28)25-12-10-23(8-4-2)11-13-25/h4,8,14-23,25H,3,5-7,9-13H2,1-2H3/b8-4+. The first-order valence-corrected chi connectivity index (χ1v) is 13.5. The van der Waals surface area contributed by atoms with E-state index >= 15 is 4.39 Å². The Balaban J connectivity index is 1.46. The second-order valence-corrected chi connectivity index (χ2v) is 10.2. The second kappa shape index (κ2) is 12.4. The van der Waals surface area contributed by atoms with E-state index in [9.17, 15) is 8.78 Å². The molecule has 4 rings (SSSR count). The summed E-state index contributed by atoms with van der Waals surface area (Å²) in [6, 6.07) is 16.1. The summed E-state index contributed by atoms with van der Waals surface area (Å²) in [4.78, 5) is 0. The predicted molar refractivity (Wildman–Crippen MR) is 145 cm³/mol. The van der Waals surface area contributed by atoms with Crippen molar-refractivity contribution in [2.45, 2.75) is 77.6 Å². The van der Waals surface area contributed by atoms with Crippen molar-refractivity contribution >= 4 is 0 Å². The molecule has 190 valence electrons. The highest BCUT2D eigenvalue weighted by atomic mass is 19.2. The van der Waals surface area contributed by atoms with Crippen molar-refractivity contribution in [1.29, 1.82) is 0 Å². The van der Waals surface area contributed by atoms with E-state index in [1.165, 1.54) is 0 Å². The average molecular weight is 491 g/mol. The topological polar surface area (TPSA) is 0 Å². The number of hydrogen-bond acceptors (Lipinski definition) is 0. The van der Waals surface area contributed by atoms with Crippen LogP contribution < -0.4 is 0 Å². The molecule has 0 bridgehead atoms. The minimum absolute atomic E-state index is 0.159. The van der Waals surface area contributed by atoms with Gasteiger partial charge in [0, 0.05) is 5.56 Å². The highest BCUT2D eigenvalue weighted by Crippen LogP contribution is 2.38. The van der Waals surface area contributed by atoms with Crippen LogP contribution >= 0.6 is 0 Å². The maximum Gasteiger partial charge on any atom is 0.166 e. The largest absolute Gasteiger partial charge is 0.207 e. The molecule has 0 aliphatic heterocycles. The van der Waals surface area contributed by atoms with Gasteiger partial charge >= 0.3 is 0 Å². The van der Waals surface area contributed by atoms with Crippen molar-refractivity contribution in [3.63, 3.8) is 0 Å². The molecule has 3 aromatic rings. The number of aryl methyl sites for hydroxylation is 1. The molecular weight excluding hydrogens is 453 g/mol. The van der Waals surface area contributed by atoms with Crippen molar-refractivity contribution in [1.82, 2.24) is 0 Å². The molecule has 1 fully saturated rings. The third-order valence-electron chi connectivity index (χ3n) is 7.67. The van der Waals surface area contributed by atoms with E-state index in [1.807, 2.05) is 24.3 Å². The maximum atomic E-state index is 15.1. The fourth-order valence-corrected chi connectivity index (χ4v) is 5.52. The van der Waals surface area contributed by atoms with Gasteiger partial charge in [0.05, 0.1) is 0 Å². The Morgan fingerprint density at radius 3 is 2.11 bits per heavy atom. The Bertz CT molecular complexity index is 1170. The normalized spacial score (nSPS) is 18.1. The van der Waals surface area contributed by atoms with Gasteiger partial charge in [-0.15, -0.1) is 0 Å². The molecule has 0 radical (unpaired) electrons. The van der Waals surface area contributed by atoms with Gasteiger partial charge in [0.2, 0.25) is 0 Å². The van der Waals surface area contributed by atoms with E-state index in [2.05, 4.69) is 26.0 Å². The van der Waals surface area contributed by atoms with E-state index in [4.69, 9.17) is 0 Å². The summed E-state index contributed by atoms with van der Waals surface area (Å²) >= 11 is 0. The molecule has 0 aromatic heterocycles. The minimum atomic E-state index is -0.796. The molecule has 0 saturated heterocycles. The van der Waals surface area contributed by atoms with Gasteiger partial charge < -0.3 is 0 Å². The first kappa shape index (κ1) is 26.3. The van der Waals surface area contributed by atoms with Crippen LogP contribution in [0.4, 0.5) is 13.2 Å². The quantitative estimate of drug-likeness (QED) is 0.207. The van der Waals surface area contributed by atoms with E-state index < -0.39 is 11.6 Å². The molecule has 0 unspecified atom stereocenters. The summed E-state index contributed by atoms with van der Waals surface area (Å²) in [5.41, 5.74) is 3.76. The Hall–Kier alpha value is -2.81. The first-order chi connectivity index (χ1) is 17.5. The molecular formula is C33H37F3. The number of halogens is 3. The lowest BCUT2D eigenvalue weighted by atomic mass is 9.78. The van der Waals surface area contributed by atoms with Gasteiger partial charge in [-0.25, -0.2) is 13.2 Å². The molecule has 0 spiro atoms. The molecule has 1 aliphatic rings. The van der Waals surface area contributed by atoms with Gasteiger partial charge in [-0.05, 0) is 91.2 Å². The van der Waals surface area contributed by atoms with Gasteiger partial charge in [-0.3, -0.25) is 0 Å². The molecule has 1 aliphatic carbocycles. The van der Waals surface area contributed by atoms with Gasteiger partial charge in [0.1, 0.15) is 5.82 Å². The molecule has 0 heterocycles. The van der Waals surface area contributed by atoms with Gasteiger partial charge in [0.25, 0.3) is 0 Å². The molecule has 1 saturated carbocycles. The van der Waals surface area contributed by atoms with Crippen molar-refractivity contribution in [2.75, 3.05) is 0 Å². The van der Waals surface area contributed by atoms with Crippen LogP contribution in [-0.4, -0.2) is 0 Å². The second-order valence-electron chi connectivity index (χ2n) is 10.2. The smallest absolute Gasteiger partial charge is 0.166 e. The zero-order chi connectivity index (χ0) is 25.5. The Morgan fingerprint density at radius 1 is 0.750 bits per heavy atom. The zero-order valence-electron chi connectivity index (χ0n) is 21.5. The highest BCUT2D eigenvalue weighted by Gasteiger charge is 2.23. The van der Waals surface area contributed by atoms with Crippen LogP contribution in [-0.2, 0) is 6.42 Å². The first-order valence-electron chi connectivity index (χ1n) is 13.5. The third-order valence-corrected chi connectivity index (χ3v) is 7.67. The summed E-state index contributed by atoms with van der Waals surface area (Å²) in [5, 5.41) is 0. The van der Waals surface area contributed by atoms with Gasteiger partial charge in [-0.2, -0.15) is 0 Å². The molecule has 0 amide bonds. The molecule has 0 N–H and O–H groups in total. The van der Waals surface area contributed by atoms with Crippen molar-refractivity contribution < 1.29 is 13.2 Å². The summed E-state index contributed by atoms with van der Waals surface area (Å²) in [6.45, 7) is 4.18. The van der Waals surface area contributed by atoms with Crippen molar-refractivity contribution in [3.8, 4) is 22.3 Å². The van der Waals surface area contributed by atoms with Crippen molar-refractivity contribution in [2.24, 2.45) is 5.92 Å². The number of unbranched alkanes of at least 4 members (excludes halogenated alkanes) is 3. The summed E-state index contributed by atoms with van der Waals surface area (Å²) in [5.74, 6) is -0.808. The lowest BCUT2D eigenvalue weighted by Crippen LogP contribution is -2.12. The van der Waals surface area contributed by atoms with Gasteiger partial charge in [-0.1, -0.05) is 86.9 Å². The molecule has 36 heavy (non-hydrogen) atoms. The fraction of sp³-hybridized carbons (Fsp3) is 0.394. The van der Waals surface area contributed by atoms with Crippen LogP contribution in [0.5, 0.6) is 0 Å². The van der Waals surface area contributed by atoms with Gasteiger partial charge in [0.15, 0.2) is 11.6 Å². The van der Waals surface area contributed by atoms with E-state index in [0.29, 0.717) is 23.5 Å². The summed E-state index contributed by atoms with van der Waals surface area (Å²) in [7, 11) is 0. The SMILES string of the molecule is C/C=C/C1CCC(c2ccc(-c3ccc(-c4ccc(CCCCCC)c(F)c4F)cc3)cc2F)CC1.